The Hall–Kier alpha value is -1.93. The average molecular weight is 411 g/mol. The van der Waals surface area contributed by atoms with E-state index in [1.807, 2.05) is 19.2 Å². The quantitative estimate of drug-likeness (QED) is 0.774. The zero-order valence-electron chi connectivity index (χ0n) is 16.2. The van der Waals surface area contributed by atoms with Gasteiger partial charge in [0.15, 0.2) is 5.13 Å². The molecule has 4 nitrogen and oxygen atoms in total. The molecule has 1 aromatic carbocycles. The predicted octanol–water partition coefficient (Wildman–Crippen LogP) is 4.95. The van der Waals surface area contributed by atoms with Gasteiger partial charge < -0.3 is 5.32 Å². The third kappa shape index (κ3) is 4.91. The maximum atomic E-state index is 12.9. The van der Waals surface area contributed by atoms with Crippen LogP contribution in [0.15, 0.2) is 17.5 Å². The third-order valence-corrected chi connectivity index (χ3v) is 5.96. The molecular formula is C20H24F3N3OS. The van der Waals surface area contributed by atoms with E-state index in [9.17, 15) is 18.0 Å². The Kier molecular flexibility index (Phi) is 6.09. The van der Waals surface area contributed by atoms with Crippen LogP contribution in [-0.2, 0) is 4.79 Å². The van der Waals surface area contributed by atoms with Crippen LogP contribution < -0.4 is 5.32 Å². The summed E-state index contributed by atoms with van der Waals surface area (Å²) < 4.78 is 38.7. The molecule has 0 bridgehead atoms. The lowest BCUT2D eigenvalue weighted by atomic mass is 9.97. The summed E-state index contributed by atoms with van der Waals surface area (Å²) >= 11 is 1.32. The van der Waals surface area contributed by atoms with E-state index in [1.165, 1.54) is 22.5 Å². The Balaban J connectivity index is 1.62. The number of carbonyl (C=O) groups is 1. The second-order valence-corrected chi connectivity index (χ2v) is 8.31. The molecule has 0 radical (unpaired) electrons. The molecule has 3 rings (SSSR count). The van der Waals surface area contributed by atoms with Gasteiger partial charge in [-0.3, -0.25) is 9.69 Å². The number of aromatic nitrogens is 1. The van der Waals surface area contributed by atoms with Gasteiger partial charge in [0.1, 0.15) is 0 Å². The van der Waals surface area contributed by atoms with E-state index in [2.05, 4.69) is 29.4 Å². The molecular weight excluding hydrogens is 387 g/mol. The number of hydrogen-bond acceptors (Lipinski definition) is 4. The van der Waals surface area contributed by atoms with E-state index in [0.29, 0.717) is 18.1 Å². The average Bonchev–Trinajstić information content (AvgIpc) is 3.05. The van der Waals surface area contributed by atoms with Gasteiger partial charge in [0.2, 0.25) is 5.91 Å². The number of nitrogens with zero attached hydrogens (tertiary/aromatic N) is 2. The Morgan fingerprint density at radius 3 is 2.68 bits per heavy atom. The van der Waals surface area contributed by atoms with Gasteiger partial charge in [-0.15, -0.1) is 11.3 Å². The van der Waals surface area contributed by atoms with Crippen LogP contribution >= 0.6 is 11.3 Å². The van der Waals surface area contributed by atoms with Gasteiger partial charge in [0.05, 0.1) is 18.2 Å². The Labute approximate surface area is 166 Å². The van der Waals surface area contributed by atoms with Crippen LogP contribution in [0.25, 0.3) is 11.3 Å². The number of carbonyl (C=O) groups excluding carboxylic acids is 1. The van der Waals surface area contributed by atoms with Crippen LogP contribution in [-0.4, -0.2) is 41.6 Å². The zero-order valence-corrected chi connectivity index (χ0v) is 17.0. The summed E-state index contributed by atoms with van der Waals surface area (Å²) in [5.74, 6) is -1.69. The highest BCUT2D eigenvalue weighted by atomic mass is 32.1. The molecule has 28 heavy (non-hydrogen) atoms. The lowest BCUT2D eigenvalue weighted by Gasteiger charge is -2.33. The van der Waals surface area contributed by atoms with Crippen LogP contribution in [0, 0.1) is 26.7 Å². The van der Waals surface area contributed by atoms with Crippen molar-refractivity contribution in [3.05, 3.63) is 34.2 Å². The molecule has 0 saturated carbocycles. The highest BCUT2D eigenvalue weighted by Gasteiger charge is 2.41. The van der Waals surface area contributed by atoms with Crippen LogP contribution in [0.3, 0.4) is 0 Å². The number of anilines is 1. The molecule has 2 aromatic rings. The summed E-state index contributed by atoms with van der Waals surface area (Å²) in [6, 6.07) is 4.19. The molecule has 152 valence electrons. The third-order valence-electron chi connectivity index (χ3n) is 5.20. The van der Waals surface area contributed by atoms with Crippen molar-refractivity contribution < 1.29 is 18.0 Å². The molecule has 1 aromatic heterocycles. The smallest absolute Gasteiger partial charge is 0.301 e. The number of rotatable bonds is 4. The first-order valence-corrected chi connectivity index (χ1v) is 10.1. The van der Waals surface area contributed by atoms with E-state index in [0.717, 1.165) is 16.8 Å². The largest absolute Gasteiger partial charge is 0.393 e. The first-order valence-electron chi connectivity index (χ1n) is 9.26. The molecule has 0 spiro atoms. The van der Waals surface area contributed by atoms with Crippen LogP contribution in [0.5, 0.6) is 0 Å². The lowest BCUT2D eigenvalue weighted by Crippen LogP contribution is -2.44. The van der Waals surface area contributed by atoms with Gasteiger partial charge in [-0.25, -0.2) is 4.98 Å². The zero-order chi connectivity index (χ0) is 20.5. The number of piperidine rings is 1. The molecule has 1 N–H and O–H groups in total. The Morgan fingerprint density at radius 1 is 1.25 bits per heavy atom. The molecule has 1 atom stereocenters. The second kappa shape index (κ2) is 8.21. The summed E-state index contributed by atoms with van der Waals surface area (Å²) in [5.41, 5.74) is 5.30. The highest BCUT2D eigenvalue weighted by molar-refractivity contribution is 7.14. The monoisotopic (exact) mass is 411 g/mol. The van der Waals surface area contributed by atoms with Gasteiger partial charge in [-0.1, -0.05) is 6.07 Å². The molecule has 1 unspecified atom stereocenters. The van der Waals surface area contributed by atoms with Gasteiger partial charge in [0.25, 0.3) is 0 Å². The summed E-state index contributed by atoms with van der Waals surface area (Å²) in [4.78, 5) is 18.3. The highest BCUT2D eigenvalue weighted by Crippen LogP contribution is 2.33. The second-order valence-electron chi connectivity index (χ2n) is 7.45. The number of hydrogen-bond donors (Lipinski definition) is 1. The SMILES string of the molecule is Cc1cc(C)c(-c2csc(NC(=O)CN3CCCC(C(F)(F)F)C3)n2)cc1C. The number of aryl methyl sites for hydroxylation is 3. The summed E-state index contributed by atoms with van der Waals surface area (Å²) in [6.07, 6.45) is -3.62. The van der Waals surface area contributed by atoms with Gasteiger partial charge in [-0.2, -0.15) is 13.2 Å². The van der Waals surface area contributed by atoms with Crippen LogP contribution in [0.4, 0.5) is 18.3 Å². The van der Waals surface area contributed by atoms with Gasteiger partial charge >= 0.3 is 6.18 Å². The molecule has 1 aliphatic rings. The number of amides is 1. The lowest BCUT2D eigenvalue weighted by molar-refractivity contribution is -0.186. The number of nitrogens with one attached hydrogen (secondary N) is 1. The summed E-state index contributed by atoms with van der Waals surface area (Å²) in [7, 11) is 0. The molecule has 0 aliphatic carbocycles. The van der Waals surface area contributed by atoms with Crippen molar-refractivity contribution in [3.8, 4) is 11.3 Å². The first-order chi connectivity index (χ1) is 13.1. The maximum absolute atomic E-state index is 12.9. The number of likely N-dealkylation sites (tertiary alicyclic amines) is 1. The van der Waals surface area contributed by atoms with E-state index < -0.39 is 12.1 Å². The molecule has 1 aliphatic heterocycles. The fourth-order valence-electron chi connectivity index (χ4n) is 3.52. The van der Waals surface area contributed by atoms with E-state index in [-0.39, 0.29) is 25.4 Å². The predicted molar refractivity (Wildman–Crippen MR) is 106 cm³/mol. The van der Waals surface area contributed by atoms with Crippen LogP contribution in [0.2, 0.25) is 0 Å². The standard InChI is InChI=1S/C20H24F3N3OS/c1-12-7-14(3)16(8-13(12)2)17-11-28-19(24-17)25-18(27)10-26-6-4-5-15(9-26)20(21,22)23/h7-8,11,15H,4-6,9-10H2,1-3H3,(H,24,25,27). The van der Waals surface area contributed by atoms with Crippen molar-refractivity contribution in [3.63, 3.8) is 0 Å². The van der Waals surface area contributed by atoms with Crippen molar-refractivity contribution in [2.75, 3.05) is 25.0 Å². The molecule has 8 heteroatoms. The van der Waals surface area contributed by atoms with Crippen molar-refractivity contribution in [1.82, 2.24) is 9.88 Å². The normalized spacial score (nSPS) is 18.3. The minimum absolute atomic E-state index is 0.0514. The number of benzene rings is 1. The number of halogens is 3. The van der Waals surface area contributed by atoms with Crippen molar-refractivity contribution in [1.29, 1.82) is 0 Å². The number of thiazole rings is 1. The Morgan fingerprint density at radius 2 is 1.96 bits per heavy atom. The molecule has 1 amide bonds. The van der Waals surface area contributed by atoms with E-state index in [1.54, 1.807) is 4.90 Å². The molecule has 2 heterocycles. The number of alkyl halides is 3. The van der Waals surface area contributed by atoms with Gasteiger partial charge in [-0.05, 0) is 62.9 Å². The fourth-order valence-corrected chi connectivity index (χ4v) is 4.25. The minimum Gasteiger partial charge on any atom is -0.301 e. The van der Waals surface area contributed by atoms with Crippen molar-refractivity contribution in [2.24, 2.45) is 5.92 Å². The topological polar surface area (TPSA) is 45.2 Å². The maximum Gasteiger partial charge on any atom is 0.393 e. The minimum atomic E-state index is -4.20. The Bertz CT molecular complexity index is 863. The fraction of sp³-hybridized carbons (Fsp3) is 0.500. The summed E-state index contributed by atoms with van der Waals surface area (Å²) in [6.45, 7) is 6.45. The van der Waals surface area contributed by atoms with Crippen molar-refractivity contribution in [2.45, 2.75) is 39.8 Å². The van der Waals surface area contributed by atoms with Gasteiger partial charge in [0, 0.05) is 17.5 Å². The van der Waals surface area contributed by atoms with Crippen molar-refractivity contribution >= 4 is 22.4 Å². The first kappa shape index (κ1) is 20.8. The molecule has 1 saturated heterocycles. The van der Waals surface area contributed by atoms with E-state index >= 15 is 0 Å². The summed E-state index contributed by atoms with van der Waals surface area (Å²) in [5, 5.41) is 5.07. The van der Waals surface area contributed by atoms with E-state index in [4.69, 9.17) is 0 Å². The molecule has 1 fully saturated rings. The van der Waals surface area contributed by atoms with Crippen LogP contribution in [0.1, 0.15) is 29.5 Å².